The minimum atomic E-state index is -0.334. The summed E-state index contributed by atoms with van der Waals surface area (Å²) < 4.78 is 12.8. The monoisotopic (exact) mass is 240 g/mol. The maximum Gasteiger partial charge on any atom is 0.124 e. The molecule has 0 aliphatic heterocycles. The van der Waals surface area contributed by atoms with Crippen molar-refractivity contribution in [3.05, 3.63) is 34.6 Å². The summed E-state index contributed by atoms with van der Waals surface area (Å²) in [7, 11) is 0. The highest BCUT2D eigenvalue weighted by molar-refractivity contribution is 6.31. The van der Waals surface area contributed by atoms with E-state index in [0.717, 1.165) is 5.56 Å². The van der Waals surface area contributed by atoms with Crippen molar-refractivity contribution >= 4 is 11.6 Å². The first-order chi connectivity index (χ1) is 7.67. The molecular formula is C12H14ClFN2. The van der Waals surface area contributed by atoms with E-state index in [0.29, 0.717) is 17.9 Å². The van der Waals surface area contributed by atoms with Gasteiger partial charge in [0.25, 0.3) is 0 Å². The lowest BCUT2D eigenvalue weighted by molar-refractivity contribution is 0.536. The first-order valence-electron chi connectivity index (χ1n) is 4.97. The average molecular weight is 241 g/mol. The largest absolute Gasteiger partial charge is 0.271 e. The van der Waals surface area contributed by atoms with Crippen molar-refractivity contribution in [3.63, 3.8) is 0 Å². The van der Waals surface area contributed by atoms with Crippen LogP contribution >= 0.6 is 11.6 Å². The Labute approximate surface area is 99.9 Å². The van der Waals surface area contributed by atoms with Crippen LogP contribution in [0.1, 0.15) is 18.9 Å². The van der Waals surface area contributed by atoms with Crippen LogP contribution in [0.4, 0.5) is 4.39 Å². The molecule has 16 heavy (non-hydrogen) atoms. The molecule has 0 saturated carbocycles. The molecule has 1 rings (SSSR count). The zero-order valence-corrected chi connectivity index (χ0v) is 9.81. The fourth-order valence-electron chi connectivity index (χ4n) is 1.37. The van der Waals surface area contributed by atoms with E-state index in [-0.39, 0.29) is 11.9 Å². The van der Waals surface area contributed by atoms with Gasteiger partial charge in [0.1, 0.15) is 5.82 Å². The van der Waals surface area contributed by atoms with Gasteiger partial charge in [0.15, 0.2) is 0 Å². The van der Waals surface area contributed by atoms with Crippen molar-refractivity contribution in [1.29, 1.82) is 0 Å². The number of benzene rings is 1. The molecule has 3 N–H and O–H groups in total. The topological polar surface area (TPSA) is 38.0 Å². The molecular weight excluding hydrogens is 227 g/mol. The average Bonchev–Trinajstić information content (AvgIpc) is 2.27. The molecule has 1 aromatic rings. The number of hydrogen-bond acceptors (Lipinski definition) is 2. The highest BCUT2D eigenvalue weighted by Gasteiger charge is 2.09. The molecule has 2 nitrogen and oxygen atoms in total. The summed E-state index contributed by atoms with van der Waals surface area (Å²) in [6.07, 6.45) is 1.27. The fraction of sp³-hybridized carbons (Fsp3) is 0.333. The molecule has 0 aliphatic carbocycles. The highest BCUT2D eigenvalue weighted by atomic mass is 35.5. The van der Waals surface area contributed by atoms with Gasteiger partial charge in [-0.25, -0.2) is 4.39 Å². The summed E-state index contributed by atoms with van der Waals surface area (Å²) in [6.45, 7) is 1.78. The van der Waals surface area contributed by atoms with Gasteiger partial charge in [-0.3, -0.25) is 11.3 Å². The Balaban J connectivity index is 2.72. The third-order valence-electron chi connectivity index (χ3n) is 2.24. The molecule has 1 atom stereocenters. The highest BCUT2D eigenvalue weighted by Crippen LogP contribution is 2.19. The SMILES string of the molecule is CC#CCC(Cc1ccc(F)cc1Cl)NN. The molecule has 0 heterocycles. The Hall–Kier alpha value is -1.08. The minimum Gasteiger partial charge on any atom is -0.271 e. The van der Waals surface area contributed by atoms with Crippen molar-refractivity contribution in [2.75, 3.05) is 0 Å². The van der Waals surface area contributed by atoms with Gasteiger partial charge in [-0.1, -0.05) is 17.7 Å². The Bertz CT molecular complexity index is 409. The lowest BCUT2D eigenvalue weighted by atomic mass is 10.0. The zero-order chi connectivity index (χ0) is 12.0. The van der Waals surface area contributed by atoms with Crippen LogP contribution in [-0.4, -0.2) is 6.04 Å². The van der Waals surface area contributed by atoms with Gasteiger partial charge in [-0.2, -0.15) is 0 Å². The number of rotatable bonds is 4. The van der Waals surface area contributed by atoms with Gasteiger partial charge < -0.3 is 0 Å². The summed E-state index contributed by atoms with van der Waals surface area (Å²) in [5.74, 6) is 10.8. The van der Waals surface area contributed by atoms with Crippen molar-refractivity contribution < 1.29 is 4.39 Å². The van der Waals surface area contributed by atoms with E-state index in [1.807, 2.05) is 0 Å². The molecule has 1 unspecified atom stereocenters. The predicted octanol–water partition coefficient (Wildman–Crippen LogP) is 2.27. The summed E-state index contributed by atoms with van der Waals surface area (Å²) in [5, 5.41) is 0.421. The molecule has 0 radical (unpaired) electrons. The first kappa shape index (κ1) is 13.0. The van der Waals surface area contributed by atoms with Crippen molar-refractivity contribution in [3.8, 4) is 11.8 Å². The zero-order valence-electron chi connectivity index (χ0n) is 9.06. The second-order valence-electron chi connectivity index (χ2n) is 3.43. The molecule has 0 aromatic heterocycles. The van der Waals surface area contributed by atoms with Gasteiger partial charge in [-0.15, -0.1) is 11.8 Å². The Morgan fingerprint density at radius 2 is 2.31 bits per heavy atom. The van der Waals surface area contributed by atoms with Crippen LogP contribution in [0.5, 0.6) is 0 Å². The smallest absolute Gasteiger partial charge is 0.124 e. The Morgan fingerprint density at radius 1 is 1.56 bits per heavy atom. The van der Waals surface area contributed by atoms with E-state index in [1.54, 1.807) is 13.0 Å². The Morgan fingerprint density at radius 3 is 2.88 bits per heavy atom. The van der Waals surface area contributed by atoms with Crippen LogP contribution < -0.4 is 11.3 Å². The van der Waals surface area contributed by atoms with E-state index in [4.69, 9.17) is 17.4 Å². The number of nitrogens with two attached hydrogens (primary N) is 1. The fourth-order valence-corrected chi connectivity index (χ4v) is 1.61. The van der Waals surface area contributed by atoms with Crippen LogP contribution in [0, 0.1) is 17.7 Å². The molecule has 4 heteroatoms. The van der Waals surface area contributed by atoms with Crippen LogP contribution in [0.3, 0.4) is 0 Å². The van der Waals surface area contributed by atoms with E-state index in [2.05, 4.69) is 17.3 Å². The van der Waals surface area contributed by atoms with Crippen molar-refractivity contribution in [2.45, 2.75) is 25.8 Å². The van der Waals surface area contributed by atoms with E-state index in [9.17, 15) is 4.39 Å². The third-order valence-corrected chi connectivity index (χ3v) is 2.59. The van der Waals surface area contributed by atoms with E-state index in [1.165, 1.54) is 12.1 Å². The summed E-state index contributed by atoms with van der Waals surface area (Å²) in [4.78, 5) is 0. The quantitative estimate of drug-likeness (QED) is 0.481. The number of hydrogen-bond donors (Lipinski definition) is 2. The lowest BCUT2D eigenvalue weighted by Gasteiger charge is -2.13. The first-order valence-corrected chi connectivity index (χ1v) is 5.34. The maximum absolute atomic E-state index is 12.8. The maximum atomic E-state index is 12.8. The predicted molar refractivity (Wildman–Crippen MR) is 64.3 cm³/mol. The number of hydrazine groups is 1. The molecule has 1 aromatic carbocycles. The lowest BCUT2D eigenvalue weighted by Crippen LogP contribution is -2.36. The number of nitrogens with one attached hydrogen (secondary N) is 1. The van der Waals surface area contributed by atoms with Crippen molar-refractivity contribution in [2.24, 2.45) is 5.84 Å². The molecule has 0 aliphatic rings. The molecule has 0 amide bonds. The second-order valence-corrected chi connectivity index (χ2v) is 3.84. The minimum absolute atomic E-state index is 0.0235. The van der Waals surface area contributed by atoms with E-state index >= 15 is 0 Å². The van der Waals surface area contributed by atoms with Crippen LogP contribution in [-0.2, 0) is 6.42 Å². The van der Waals surface area contributed by atoms with Gasteiger partial charge in [0, 0.05) is 17.5 Å². The number of halogens is 2. The van der Waals surface area contributed by atoms with Crippen molar-refractivity contribution in [1.82, 2.24) is 5.43 Å². The molecule has 0 fully saturated rings. The van der Waals surface area contributed by atoms with Gasteiger partial charge >= 0.3 is 0 Å². The second kappa shape index (κ2) is 6.49. The van der Waals surface area contributed by atoms with Crippen LogP contribution in [0.2, 0.25) is 5.02 Å². The summed E-state index contributed by atoms with van der Waals surface area (Å²) >= 11 is 5.92. The van der Waals surface area contributed by atoms with Gasteiger partial charge in [0.05, 0.1) is 0 Å². The molecule has 0 spiro atoms. The van der Waals surface area contributed by atoms with Crippen LogP contribution in [0.25, 0.3) is 0 Å². The normalized spacial score (nSPS) is 11.8. The van der Waals surface area contributed by atoms with E-state index < -0.39 is 0 Å². The van der Waals surface area contributed by atoms with Gasteiger partial charge in [0.2, 0.25) is 0 Å². The Kier molecular flexibility index (Phi) is 5.27. The third kappa shape index (κ3) is 3.82. The standard InChI is InChI=1S/C12H14ClFN2/c1-2-3-4-11(16-15)7-9-5-6-10(14)8-12(9)13/h5-6,8,11,16H,4,7,15H2,1H3. The molecule has 86 valence electrons. The summed E-state index contributed by atoms with van der Waals surface area (Å²) in [5.41, 5.74) is 3.54. The van der Waals surface area contributed by atoms with Gasteiger partial charge in [-0.05, 0) is 31.0 Å². The van der Waals surface area contributed by atoms with Crippen LogP contribution in [0.15, 0.2) is 18.2 Å². The molecule has 0 bridgehead atoms. The summed E-state index contributed by atoms with van der Waals surface area (Å²) in [6, 6.07) is 4.38. The molecule has 0 saturated heterocycles.